The molecule has 0 radical (unpaired) electrons. The number of hydrogen-bond donors (Lipinski definition) is 0. The van der Waals surface area contributed by atoms with Gasteiger partial charge in [-0.2, -0.15) is 10.4 Å². The highest BCUT2D eigenvalue weighted by Crippen LogP contribution is 2.28. The summed E-state index contributed by atoms with van der Waals surface area (Å²) in [6.45, 7) is 3.27. The molecule has 8 nitrogen and oxygen atoms in total. The Morgan fingerprint density at radius 2 is 1.81 bits per heavy atom. The van der Waals surface area contributed by atoms with Crippen LogP contribution < -0.4 is 14.7 Å². The van der Waals surface area contributed by atoms with Crippen molar-refractivity contribution in [2.45, 2.75) is 0 Å². The summed E-state index contributed by atoms with van der Waals surface area (Å²) in [5.74, 6) is 1.58. The monoisotopic (exact) mass is 360 g/mol. The average Bonchev–Trinajstić information content (AvgIpc) is 2.73. The fourth-order valence-electron chi connectivity index (χ4n) is 3.41. The Hall–Kier alpha value is -3.47. The third-order valence-corrected chi connectivity index (χ3v) is 4.79. The van der Waals surface area contributed by atoms with E-state index in [-0.39, 0.29) is 0 Å². The van der Waals surface area contributed by atoms with Crippen molar-refractivity contribution in [3.8, 4) is 6.07 Å². The van der Waals surface area contributed by atoms with E-state index in [1.807, 2.05) is 25.1 Å². The first-order valence-corrected chi connectivity index (χ1v) is 8.81. The van der Waals surface area contributed by atoms with E-state index in [1.54, 1.807) is 18.6 Å². The number of fused-ring (bicyclic) bond motifs is 1. The summed E-state index contributed by atoms with van der Waals surface area (Å²) >= 11 is 0. The van der Waals surface area contributed by atoms with Gasteiger partial charge in [0.2, 0.25) is 0 Å². The second-order valence-corrected chi connectivity index (χ2v) is 6.65. The van der Waals surface area contributed by atoms with E-state index in [0.717, 1.165) is 48.6 Å². The maximum Gasteiger partial charge on any atom is 0.169 e. The molecule has 0 aliphatic carbocycles. The van der Waals surface area contributed by atoms with Crippen molar-refractivity contribution >= 4 is 28.2 Å². The van der Waals surface area contributed by atoms with Crippen LogP contribution in [-0.4, -0.2) is 60.4 Å². The van der Waals surface area contributed by atoms with Crippen molar-refractivity contribution < 1.29 is 0 Å². The minimum atomic E-state index is 0.567. The Labute approximate surface area is 157 Å². The van der Waals surface area contributed by atoms with Gasteiger partial charge in [0.25, 0.3) is 0 Å². The summed E-state index contributed by atoms with van der Waals surface area (Å²) in [6, 6.07) is 10.2. The van der Waals surface area contributed by atoms with Crippen LogP contribution in [0.5, 0.6) is 0 Å². The first-order valence-electron chi connectivity index (χ1n) is 8.81. The molecule has 1 aromatic carbocycles. The van der Waals surface area contributed by atoms with Gasteiger partial charge in [-0.1, -0.05) is 0 Å². The first kappa shape index (κ1) is 17.0. The van der Waals surface area contributed by atoms with Crippen molar-refractivity contribution in [2.75, 3.05) is 55.0 Å². The molecule has 2 aromatic heterocycles. The van der Waals surface area contributed by atoms with Crippen LogP contribution in [-0.2, 0) is 0 Å². The number of rotatable bonds is 3. The van der Waals surface area contributed by atoms with Gasteiger partial charge in [-0.3, -0.25) is 0 Å². The molecule has 3 aromatic rings. The summed E-state index contributed by atoms with van der Waals surface area (Å²) < 4.78 is 0. The Morgan fingerprint density at radius 3 is 2.56 bits per heavy atom. The molecule has 3 heterocycles. The van der Waals surface area contributed by atoms with E-state index < -0.39 is 0 Å². The van der Waals surface area contributed by atoms with Gasteiger partial charge in [0.05, 0.1) is 17.3 Å². The van der Waals surface area contributed by atoms with E-state index >= 15 is 0 Å². The third-order valence-electron chi connectivity index (χ3n) is 4.79. The number of anilines is 3. The van der Waals surface area contributed by atoms with E-state index in [0.29, 0.717) is 11.4 Å². The zero-order valence-electron chi connectivity index (χ0n) is 15.4. The third kappa shape index (κ3) is 3.19. The van der Waals surface area contributed by atoms with E-state index in [2.05, 4.69) is 48.2 Å². The predicted octanol–water partition coefficient (Wildman–Crippen LogP) is 1.68. The SMILES string of the molecule is CN(C)c1ncnc2ccc(N3CCN(c4nnccc4C#N)CC3)cc12. The molecule has 27 heavy (non-hydrogen) atoms. The van der Waals surface area contributed by atoms with Crippen LogP contribution >= 0.6 is 0 Å². The van der Waals surface area contributed by atoms with Crippen LogP contribution in [0.4, 0.5) is 17.3 Å². The van der Waals surface area contributed by atoms with Crippen LogP contribution in [0.15, 0.2) is 36.8 Å². The molecule has 0 amide bonds. The first-order chi connectivity index (χ1) is 13.2. The fourth-order valence-corrected chi connectivity index (χ4v) is 3.41. The van der Waals surface area contributed by atoms with Crippen LogP contribution in [0, 0.1) is 11.3 Å². The number of nitrogens with zero attached hydrogens (tertiary/aromatic N) is 8. The van der Waals surface area contributed by atoms with Crippen molar-refractivity contribution in [2.24, 2.45) is 0 Å². The summed E-state index contributed by atoms with van der Waals surface area (Å²) in [5, 5.41) is 18.4. The smallest absolute Gasteiger partial charge is 0.169 e. The van der Waals surface area contributed by atoms with Crippen molar-refractivity contribution in [3.05, 3.63) is 42.4 Å². The number of hydrogen-bond acceptors (Lipinski definition) is 8. The molecule has 136 valence electrons. The van der Waals surface area contributed by atoms with Crippen LogP contribution in [0.1, 0.15) is 5.56 Å². The van der Waals surface area contributed by atoms with E-state index in [4.69, 9.17) is 0 Å². The molecule has 1 saturated heterocycles. The number of benzene rings is 1. The lowest BCUT2D eigenvalue weighted by Crippen LogP contribution is -2.47. The maximum absolute atomic E-state index is 9.28. The zero-order valence-corrected chi connectivity index (χ0v) is 15.4. The Bertz CT molecular complexity index is 1000. The van der Waals surface area contributed by atoms with Crippen molar-refractivity contribution in [3.63, 3.8) is 0 Å². The lowest BCUT2D eigenvalue weighted by molar-refractivity contribution is 0.643. The molecule has 1 aliphatic rings. The molecule has 0 atom stereocenters. The van der Waals surface area contributed by atoms with Gasteiger partial charge in [0.15, 0.2) is 5.82 Å². The van der Waals surface area contributed by atoms with Gasteiger partial charge in [-0.25, -0.2) is 9.97 Å². The highest BCUT2D eigenvalue weighted by Gasteiger charge is 2.21. The minimum Gasteiger partial charge on any atom is -0.368 e. The molecule has 1 fully saturated rings. The summed E-state index contributed by atoms with van der Waals surface area (Å²) in [4.78, 5) is 15.2. The molecule has 1 aliphatic heterocycles. The Kier molecular flexibility index (Phi) is 4.42. The molecule has 0 saturated carbocycles. The van der Waals surface area contributed by atoms with Gasteiger partial charge in [0, 0.05) is 51.3 Å². The second-order valence-electron chi connectivity index (χ2n) is 6.65. The number of piperazine rings is 1. The summed E-state index contributed by atoms with van der Waals surface area (Å²) in [6.07, 6.45) is 3.15. The van der Waals surface area contributed by atoms with Crippen LogP contribution in [0.2, 0.25) is 0 Å². The topological polar surface area (TPSA) is 85.1 Å². The fraction of sp³-hybridized carbons (Fsp3) is 0.316. The van der Waals surface area contributed by atoms with Crippen LogP contribution in [0.25, 0.3) is 10.9 Å². The van der Waals surface area contributed by atoms with Gasteiger partial charge in [0.1, 0.15) is 18.2 Å². The Balaban J connectivity index is 1.56. The number of nitriles is 1. The largest absolute Gasteiger partial charge is 0.368 e. The lowest BCUT2D eigenvalue weighted by atomic mass is 10.1. The summed E-state index contributed by atoms with van der Waals surface area (Å²) in [5.41, 5.74) is 2.66. The predicted molar refractivity (Wildman–Crippen MR) is 105 cm³/mol. The van der Waals surface area contributed by atoms with Crippen molar-refractivity contribution in [1.82, 2.24) is 20.2 Å². The molecule has 0 N–H and O–H groups in total. The van der Waals surface area contributed by atoms with Gasteiger partial charge in [-0.05, 0) is 24.3 Å². The second kappa shape index (κ2) is 7.03. The molecule has 0 bridgehead atoms. The zero-order chi connectivity index (χ0) is 18.8. The van der Waals surface area contributed by atoms with Crippen LogP contribution in [0.3, 0.4) is 0 Å². The lowest BCUT2D eigenvalue weighted by Gasteiger charge is -2.36. The molecular weight excluding hydrogens is 340 g/mol. The standard InChI is InChI=1S/C19H20N8/c1-25(2)19-16-11-15(3-4-17(16)21-13-22-19)26-7-9-27(10-8-26)18-14(12-20)5-6-23-24-18/h3-6,11,13H,7-10H2,1-2H3. The average molecular weight is 360 g/mol. The van der Waals surface area contributed by atoms with Crippen molar-refractivity contribution in [1.29, 1.82) is 5.26 Å². The minimum absolute atomic E-state index is 0.567. The quantitative estimate of drug-likeness (QED) is 0.697. The normalized spacial score (nSPS) is 14.3. The molecule has 4 rings (SSSR count). The molecule has 0 spiro atoms. The highest BCUT2D eigenvalue weighted by atomic mass is 15.3. The number of aromatic nitrogens is 4. The van der Waals surface area contributed by atoms with E-state index in [1.165, 1.54) is 0 Å². The summed E-state index contributed by atoms with van der Waals surface area (Å²) in [7, 11) is 3.97. The van der Waals surface area contributed by atoms with Gasteiger partial charge in [-0.15, -0.1) is 5.10 Å². The van der Waals surface area contributed by atoms with Gasteiger partial charge >= 0.3 is 0 Å². The van der Waals surface area contributed by atoms with E-state index in [9.17, 15) is 5.26 Å². The molecule has 0 unspecified atom stereocenters. The molecule has 8 heteroatoms. The Morgan fingerprint density at radius 1 is 1.04 bits per heavy atom. The highest BCUT2D eigenvalue weighted by molar-refractivity contribution is 5.91. The molecular formula is C19H20N8. The van der Waals surface area contributed by atoms with Gasteiger partial charge < -0.3 is 14.7 Å². The maximum atomic E-state index is 9.28.